The highest BCUT2D eigenvalue weighted by Gasteiger charge is 2.17. The molecule has 0 unspecified atom stereocenters. The van der Waals surface area contributed by atoms with Crippen molar-refractivity contribution in [3.63, 3.8) is 0 Å². The van der Waals surface area contributed by atoms with Gasteiger partial charge >= 0.3 is 5.56 Å². The molecule has 9 nitrogen and oxygen atoms in total. The minimum absolute atomic E-state index is 0.0297. The van der Waals surface area contributed by atoms with Gasteiger partial charge in [-0.15, -0.1) is 21.6 Å². The smallest absolute Gasteiger partial charge is 0.291 e. The molecule has 4 rings (SSSR count). The highest BCUT2D eigenvalue weighted by atomic mass is 79.9. The molecule has 0 fully saturated rings. The van der Waals surface area contributed by atoms with Crippen LogP contribution < -0.4 is 5.56 Å². The first-order valence-corrected chi connectivity index (χ1v) is 12.1. The standard InChI is InChI=1S/C19H11Br3N6O3S/c1-9-16(24-25-17-13(21)6-11(20)7-14(17)22)18(29)27(26-9)19-23-15(8-32-19)10-3-2-4-12(5-10)28(30)31/h2-8,26H,1H3. The maximum absolute atomic E-state index is 12.9. The molecule has 2 heterocycles. The molecule has 0 saturated carbocycles. The minimum Gasteiger partial charge on any atom is -0.291 e. The van der Waals surface area contributed by atoms with Crippen LogP contribution in [0.1, 0.15) is 5.69 Å². The van der Waals surface area contributed by atoms with Crippen molar-refractivity contribution in [2.75, 3.05) is 0 Å². The Bertz CT molecular complexity index is 1420. The van der Waals surface area contributed by atoms with Crippen LogP contribution >= 0.6 is 59.1 Å². The summed E-state index contributed by atoms with van der Waals surface area (Å²) >= 11 is 11.5. The molecule has 1 N–H and O–H groups in total. The molecule has 0 saturated heterocycles. The van der Waals surface area contributed by atoms with E-state index in [9.17, 15) is 14.9 Å². The Balaban J connectivity index is 1.68. The molecule has 0 radical (unpaired) electrons. The fraction of sp³-hybridized carbons (Fsp3) is 0.0526. The van der Waals surface area contributed by atoms with Gasteiger partial charge in [-0.1, -0.05) is 28.1 Å². The summed E-state index contributed by atoms with van der Waals surface area (Å²) in [5.74, 6) is 0. The number of azo groups is 1. The zero-order valence-electron chi connectivity index (χ0n) is 16.0. The van der Waals surface area contributed by atoms with Crippen molar-refractivity contribution in [3.8, 4) is 16.4 Å². The van der Waals surface area contributed by atoms with Gasteiger partial charge in [0.1, 0.15) is 5.69 Å². The molecule has 0 atom stereocenters. The lowest BCUT2D eigenvalue weighted by Gasteiger charge is -2.01. The Hall–Kier alpha value is -2.48. The number of rotatable bonds is 5. The summed E-state index contributed by atoms with van der Waals surface area (Å²) in [6.07, 6.45) is 0. The van der Waals surface area contributed by atoms with Crippen LogP contribution in [0.25, 0.3) is 16.4 Å². The Morgan fingerprint density at radius 2 is 1.81 bits per heavy atom. The molecule has 162 valence electrons. The van der Waals surface area contributed by atoms with Crippen molar-refractivity contribution < 1.29 is 4.92 Å². The molecule has 0 amide bonds. The maximum atomic E-state index is 12.9. The van der Waals surface area contributed by atoms with Crippen LogP contribution in [0.5, 0.6) is 0 Å². The highest BCUT2D eigenvalue weighted by Crippen LogP contribution is 2.37. The lowest BCUT2D eigenvalue weighted by atomic mass is 10.1. The molecule has 0 aliphatic rings. The van der Waals surface area contributed by atoms with Crippen molar-refractivity contribution >= 4 is 76.2 Å². The SMILES string of the molecule is Cc1[nH]n(-c2nc(-c3cccc([N+](=O)[O-])c3)cs2)c(=O)c1N=Nc1c(Br)cc(Br)cc1Br. The molecule has 32 heavy (non-hydrogen) atoms. The van der Waals surface area contributed by atoms with Crippen molar-refractivity contribution in [1.29, 1.82) is 0 Å². The van der Waals surface area contributed by atoms with Crippen molar-refractivity contribution in [2.24, 2.45) is 10.2 Å². The number of thiazole rings is 1. The summed E-state index contributed by atoms with van der Waals surface area (Å²) in [5.41, 5.74) is 1.89. The number of nitro groups is 1. The zero-order valence-corrected chi connectivity index (χ0v) is 21.6. The van der Waals surface area contributed by atoms with E-state index in [4.69, 9.17) is 0 Å². The number of halogens is 3. The van der Waals surface area contributed by atoms with Crippen LogP contribution in [-0.4, -0.2) is 19.7 Å². The number of non-ortho nitro benzene ring substituents is 1. The fourth-order valence-corrected chi connectivity index (χ4v) is 6.01. The average Bonchev–Trinajstić information content (AvgIpc) is 3.33. The Morgan fingerprint density at radius 1 is 1.12 bits per heavy atom. The van der Waals surface area contributed by atoms with Gasteiger partial charge in [-0.05, 0) is 50.9 Å². The minimum atomic E-state index is -0.463. The van der Waals surface area contributed by atoms with Gasteiger partial charge in [0.25, 0.3) is 5.69 Å². The van der Waals surface area contributed by atoms with Crippen LogP contribution in [0.4, 0.5) is 17.1 Å². The van der Waals surface area contributed by atoms with Gasteiger partial charge in [0.05, 0.1) is 16.3 Å². The van der Waals surface area contributed by atoms with Crippen LogP contribution in [0.2, 0.25) is 0 Å². The van der Waals surface area contributed by atoms with E-state index in [-0.39, 0.29) is 11.4 Å². The topological polar surface area (TPSA) is 119 Å². The maximum Gasteiger partial charge on any atom is 0.301 e. The monoisotopic (exact) mass is 640 g/mol. The zero-order chi connectivity index (χ0) is 23.0. The first-order chi connectivity index (χ1) is 15.2. The van der Waals surface area contributed by atoms with Gasteiger partial charge in [0.2, 0.25) is 5.13 Å². The van der Waals surface area contributed by atoms with Gasteiger partial charge < -0.3 is 0 Å². The van der Waals surface area contributed by atoms with Gasteiger partial charge in [-0.3, -0.25) is 20.0 Å². The molecule has 0 aliphatic carbocycles. The number of nitrogens with one attached hydrogen (secondary N) is 1. The molecular weight excluding hydrogens is 632 g/mol. The number of aromatic amines is 1. The number of nitro benzene ring substituents is 1. The molecular formula is C19H11Br3N6O3S. The summed E-state index contributed by atoms with van der Waals surface area (Å²) in [6.45, 7) is 1.72. The third kappa shape index (κ3) is 4.51. The van der Waals surface area contributed by atoms with Crippen LogP contribution in [-0.2, 0) is 0 Å². The number of hydrogen-bond donors (Lipinski definition) is 1. The van der Waals surface area contributed by atoms with Crippen molar-refractivity contribution in [1.82, 2.24) is 14.8 Å². The summed E-state index contributed by atoms with van der Waals surface area (Å²) < 4.78 is 3.55. The number of benzene rings is 2. The van der Waals surface area contributed by atoms with E-state index >= 15 is 0 Å². The second-order valence-corrected chi connectivity index (χ2v) is 9.93. The first-order valence-electron chi connectivity index (χ1n) is 8.83. The first kappa shape index (κ1) is 22.7. The lowest BCUT2D eigenvalue weighted by molar-refractivity contribution is -0.384. The summed E-state index contributed by atoms with van der Waals surface area (Å²) in [6, 6.07) is 9.82. The van der Waals surface area contributed by atoms with Crippen LogP contribution in [0, 0.1) is 17.0 Å². The fourth-order valence-electron chi connectivity index (χ4n) is 2.80. The van der Waals surface area contributed by atoms with E-state index in [0.29, 0.717) is 36.7 Å². The van der Waals surface area contributed by atoms with Gasteiger partial charge in [-0.25, -0.2) is 4.98 Å². The van der Waals surface area contributed by atoms with Crippen LogP contribution in [0.15, 0.2) is 70.2 Å². The number of aromatic nitrogens is 3. The third-order valence-corrected chi connectivity index (χ3v) is 6.80. The van der Waals surface area contributed by atoms with Gasteiger partial charge in [0, 0.05) is 36.5 Å². The van der Waals surface area contributed by atoms with E-state index in [1.165, 1.54) is 28.2 Å². The number of aryl methyl sites for hydroxylation is 1. The molecule has 13 heteroatoms. The van der Waals surface area contributed by atoms with E-state index in [1.54, 1.807) is 24.4 Å². The molecule has 0 spiro atoms. The van der Waals surface area contributed by atoms with E-state index < -0.39 is 10.5 Å². The second-order valence-electron chi connectivity index (χ2n) is 6.47. The van der Waals surface area contributed by atoms with Gasteiger partial charge in [0.15, 0.2) is 5.69 Å². The summed E-state index contributed by atoms with van der Waals surface area (Å²) in [7, 11) is 0. The predicted molar refractivity (Wildman–Crippen MR) is 133 cm³/mol. The largest absolute Gasteiger partial charge is 0.301 e. The van der Waals surface area contributed by atoms with Crippen LogP contribution in [0.3, 0.4) is 0 Å². The quantitative estimate of drug-likeness (QED) is 0.141. The Morgan fingerprint density at radius 3 is 2.50 bits per heavy atom. The van der Waals surface area contributed by atoms with E-state index in [2.05, 4.69) is 68.1 Å². The normalized spacial score (nSPS) is 11.4. The molecule has 0 aliphatic heterocycles. The molecule has 4 aromatic rings. The number of nitrogens with zero attached hydrogens (tertiary/aromatic N) is 5. The number of hydrogen-bond acceptors (Lipinski definition) is 7. The van der Waals surface area contributed by atoms with Gasteiger partial charge in [-0.2, -0.15) is 4.68 Å². The van der Waals surface area contributed by atoms with Crippen molar-refractivity contribution in [3.05, 3.63) is 81.4 Å². The average molecular weight is 643 g/mol. The predicted octanol–water partition coefficient (Wildman–Crippen LogP) is 7.21. The lowest BCUT2D eigenvalue weighted by Crippen LogP contribution is -2.13. The van der Waals surface area contributed by atoms with Crippen molar-refractivity contribution in [2.45, 2.75) is 6.92 Å². The summed E-state index contributed by atoms with van der Waals surface area (Å²) in [4.78, 5) is 28.0. The molecule has 2 aromatic heterocycles. The Labute approximate surface area is 209 Å². The second kappa shape index (κ2) is 9.17. The Kier molecular flexibility index (Phi) is 6.51. The molecule has 0 bridgehead atoms. The van der Waals surface area contributed by atoms with E-state index in [0.717, 1.165) is 4.47 Å². The number of H-pyrrole nitrogens is 1. The van der Waals surface area contributed by atoms with E-state index in [1.807, 2.05) is 12.1 Å². The highest BCUT2D eigenvalue weighted by molar-refractivity contribution is 9.11. The third-order valence-electron chi connectivity index (χ3n) is 4.31. The molecule has 2 aromatic carbocycles. The summed E-state index contributed by atoms with van der Waals surface area (Å²) in [5, 5.41) is 24.5.